The molecule has 1 saturated carbocycles. The third-order valence-corrected chi connectivity index (χ3v) is 3.05. The van der Waals surface area contributed by atoms with E-state index in [4.69, 9.17) is 4.74 Å². The summed E-state index contributed by atoms with van der Waals surface area (Å²) in [5, 5.41) is 0. The summed E-state index contributed by atoms with van der Waals surface area (Å²) in [4.78, 5) is 11.4. The van der Waals surface area contributed by atoms with Crippen LogP contribution in [0.25, 0.3) is 0 Å². The van der Waals surface area contributed by atoms with Crippen molar-refractivity contribution in [1.29, 1.82) is 0 Å². The summed E-state index contributed by atoms with van der Waals surface area (Å²) in [7, 11) is 0. The number of benzene rings is 1. The minimum absolute atomic E-state index is 0.0284. The highest BCUT2D eigenvalue weighted by Gasteiger charge is 2.45. The van der Waals surface area contributed by atoms with Crippen molar-refractivity contribution in [2.45, 2.75) is 12.3 Å². The average molecular weight is 192 g/mol. The number of rotatable bonds is 0. The Morgan fingerprint density at radius 2 is 2.29 bits per heavy atom. The number of carbonyl (C=O) groups is 1. The van der Waals surface area contributed by atoms with Crippen LogP contribution in [0.5, 0.6) is 5.75 Å². The minimum atomic E-state index is -0.311. The highest BCUT2D eigenvalue weighted by Crippen LogP contribution is 2.46. The van der Waals surface area contributed by atoms with E-state index in [1.54, 1.807) is 6.07 Å². The quantitative estimate of drug-likeness (QED) is 0.627. The number of hydrogen-bond donors (Lipinski definition) is 0. The van der Waals surface area contributed by atoms with Crippen LogP contribution in [0.1, 0.15) is 17.9 Å². The van der Waals surface area contributed by atoms with Crippen LogP contribution in [0.2, 0.25) is 0 Å². The smallest absolute Gasteiger partial charge is 0.141 e. The van der Waals surface area contributed by atoms with Crippen molar-refractivity contribution in [2.75, 3.05) is 6.61 Å². The molecule has 3 rings (SSSR count). The van der Waals surface area contributed by atoms with E-state index in [1.807, 2.05) is 0 Å². The first-order valence-electron chi connectivity index (χ1n) is 4.70. The van der Waals surface area contributed by atoms with Crippen molar-refractivity contribution in [1.82, 2.24) is 0 Å². The molecule has 1 heterocycles. The summed E-state index contributed by atoms with van der Waals surface area (Å²) in [5.41, 5.74) is 0.860. The Labute approximate surface area is 80.7 Å². The van der Waals surface area contributed by atoms with Crippen LogP contribution in [0.3, 0.4) is 0 Å². The summed E-state index contributed by atoms with van der Waals surface area (Å²) < 4.78 is 18.3. The van der Waals surface area contributed by atoms with Crippen molar-refractivity contribution in [3.05, 3.63) is 29.6 Å². The lowest BCUT2D eigenvalue weighted by atomic mass is 9.68. The fraction of sp³-hybridized carbons (Fsp3) is 0.364. The molecule has 0 spiro atoms. The molecule has 0 aromatic heterocycles. The van der Waals surface area contributed by atoms with Gasteiger partial charge in [-0.05, 0) is 6.07 Å². The lowest BCUT2D eigenvalue weighted by Gasteiger charge is -2.39. The van der Waals surface area contributed by atoms with Crippen molar-refractivity contribution in [2.24, 2.45) is 5.92 Å². The lowest BCUT2D eigenvalue weighted by Crippen LogP contribution is -2.41. The molecule has 14 heavy (non-hydrogen) atoms. The number of carbonyl (C=O) groups excluding carboxylic acids is 1. The van der Waals surface area contributed by atoms with E-state index in [-0.39, 0.29) is 17.5 Å². The van der Waals surface area contributed by atoms with Gasteiger partial charge in [0.25, 0.3) is 0 Å². The molecule has 1 aromatic rings. The largest absolute Gasteiger partial charge is 0.493 e. The Hall–Kier alpha value is -1.38. The lowest BCUT2D eigenvalue weighted by molar-refractivity contribution is -0.131. The van der Waals surface area contributed by atoms with Gasteiger partial charge < -0.3 is 4.74 Å². The number of halogens is 1. The summed E-state index contributed by atoms with van der Waals surface area (Å²) in [6, 6.07) is 4.41. The fourth-order valence-electron chi connectivity index (χ4n) is 2.28. The van der Waals surface area contributed by atoms with Crippen molar-refractivity contribution < 1.29 is 13.9 Å². The van der Waals surface area contributed by atoms with E-state index in [0.29, 0.717) is 24.7 Å². The van der Waals surface area contributed by atoms with Crippen LogP contribution in [-0.4, -0.2) is 12.4 Å². The zero-order valence-electron chi connectivity index (χ0n) is 7.50. The fourth-order valence-corrected chi connectivity index (χ4v) is 2.28. The molecular weight excluding hydrogens is 183 g/mol. The Bertz CT molecular complexity index is 414. The molecule has 1 aromatic carbocycles. The Kier molecular flexibility index (Phi) is 1.46. The van der Waals surface area contributed by atoms with Crippen LogP contribution in [-0.2, 0) is 4.79 Å². The average Bonchev–Trinajstić information content (AvgIpc) is 2.15. The van der Waals surface area contributed by atoms with Crippen molar-refractivity contribution in [3.63, 3.8) is 0 Å². The molecule has 2 nitrogen and oxygen atoms in total. The molecule has 1 fully saturated rings. The first kappa shape index (κ1) is 7.97. The maximum atomic E-state index is 12.9. The second kappa shape index (κ2) is 2.56. The van der Waals surface area contributed by atoms with E-state index in [0.717, 1.165) is 5.56 Å². The number of fused-ring (bicyclic) bond motifs is 3. The van der Waals surface area contributed by atoms with Crippen LogP contribution in [0, 0.1) is 11.7 Å². The van der Waals surface area contributed by atoms with Gasteiger partial charge >= 0.3 is 0 Å². The van der Waals surface area contributed by atoms with Gasteiger partial charge in [-0.2, -0.15) is 0 Å². The predicted molar refractivity (Wildman–Crippen MR) is 47.8 cm³/mol. The van der Waals surface area contributed by atoms with E-state index >= 15 is 0 Å². The Morgan fingerprint density at radius 3 is 3.07 bits per heavy atom. The minimum Gasteiger partial charge on any atom is -0.493 e. The molecule has 0 saturated heterocycles. The molecule has 0 N–H and O–H groups in total. The second-order valence-electron chi connectivity index (χ2n) is 3.90. The van der Waals surface area contributed by atoms with Crippen LogP contribution >= 0.6 is 0 Å². The topological polar surface area (TPSA) is 26.3 Å². The van der Waals surface area contributed by atoms with Gasteiger partial charge in [-0.15, -0.1) is 0 Å². The van der Waals surface area contributed by atoms with Gasteiger partial charge in [-0.3, -0.25) is 4.79 Å². The van der Waals surface area contributed by atoms with E-state index in [9.17, 15) is 9.18 Å². The van der Waals surface area contributed by atoms with Gasteiger partial charge in [-0.1, -0.05) is 6.07 Å². The zero-order chi connectivity index (χ0) is 9.71. The predicted octanol–water partition coefficient (Wildman–Crippen LogP) is 1.89. The maximum Gasteiger partial charge on any atom is 0.141 e. The third kappa shape index (κ3) is 0.924. The highest BCUT2D eigenvalue weighted by molar-refractivity contribution is 5.93. The van der Waals surface area contributed by atoms with E-state index in [2.05, 4.69) is 0 Å². The summed E-state index contributed by atoms with van der Waals surface area (Å²) in [6.07, 6.45) is 0.613. The molecule has 2 aliphatic rings. The van der Waals surface area contributed by atoms with E-state index < -0.39 is 0 Å². The normalized spacial score (nSPS) is 28.5. The molecule has 0 bridgehead atoms. The number of Topliss-reactive ketones (excluding diaryl/α,β-unsaturated/α-hetero) is 1. The molecular formula is C11H9FO2. The van der Waals surface area contributed by atoms with Crippen molar-refractivity contribution in [3.8, 4) is 5.75 Å². The highest BCUT2D eigenvalue weighted by atomic mass is 19.1. The SMILES string of the molecule is O=C1C[C@H]2COc3cc(F)ccc3[C@@H]12. The monoisotopic (exact) mass is 192 g/mol. The Balaban J connectivity index is 2.09. The van der Waals surface area contributed by atoms with Gasteiger partial charge in [0.15, 0.2) is 0 Å². The molecule has 0 amide bonds. The molecule has 2 atom stereocenters. The summed E-state index contributed by atoms with van der Waals surface area (Å²) in [5.74, 6) is 0.777. The summed E-state index contributed by atoms with van der Waals surface area (Å²) in [6.45, 7) is 0.548. The first-order chi connectivity index (χ1) is 6.75. The van der Waals surface area contributed by atoms with Gasteiger partial charge in [-0.25, -0.2) is 4.39 Å². The van der Waals surface area contributed by atoms with Crippen LogP contribution in [0.15, 0.2) is 18.2 Å². The molecule has 3 heteroatoms. The van der Waals surface area contributed by atoms with Gasteiger partial charge in [0.1, 0.15) is 17.3 Å². The zero-order valence-corrected chi connectivity index (χ0v) is 7.50. The first-order valence-corrected chi connectivity index (χ1v) is 4.70. The van der Waals surface area contributed by atoms with Crippen molar-refractivity contribution >= 4 is 5.78 Å². The number of hydrogen-bond acceptors (Lipinski definition) is 2. The number of ketones is 1. The molecule has 1 aliphatic heterocycles. The number of ether oxygens (including phenoxy) is 1. The van der Waals surface area contributed by atoms with E-state index in [1.165, 1.54) is 12.1 Å². The standard InChI is InChI=1S/C11H9FO2/c12-7-1-2-8-10(4-7)14-5-6-3-9(13)11(6)8/h1-2,4,6,11H,3,5H2/t6-,11-/m0/s1. The van der Waals surface area contributed by atoms with Crippen LogP contribution < -0.4 is 4.74 Å². The van der Waals surface area contributed by atoms with Gasteiger partial charge in [0.2, 0.25) is 0 Å². The summed E-state index contributed by atoms with van der Waals surface area (Å²) >= 11 is 0. The molecule has 72 valence electrons. The Morgan fingerprint density at radius 1 is 1.43 bits per heavy atom. The van der Waals surface area contributed by atoms with Gasteiger partial charge in [0, 0.05) is 24.0 Å². The molecule has 0 unspecified atom stereocenters. The molecule has 1 aliphatic carbocycles. The maximum absolute atomic E-state index is 12.9. The van der Waals surface area contributed by atoms with Gasteiger partial charge in [0.05, 0.1) is 12.5 Å². The molecule has 0 radical (unpaired) electrons. The second-order valence-corrected chi connectivity index (χ2v) is 3.90. The third-order valence-electron chi connectivity index (χ3n) is 3.05. The van der Waals surface area contributed by atoms with Crippen LogP contribution in [0.4, 0.5) is 4.39 Å².